The van der Waals surface area contributed by atoms with Gasteiger partial charge in [0.15, 0.2) is 0 Å². The lowest BCUT2D eigenvalue weighted by atomic mass is 9.89. The molecule has 0 aliphatic heterocycles. The van der Waals surface area contributed by atoms with Gasteiger partial charge in [0.05, 0.1) is 0 Å². The summed E-state index contributed by atoms with van der Waals surface area (Å²) in [5.74, 6) is 0. The SMILES string of the molecule is CC(C)(CNCN)c1ccccn1. The van der Waals surface area contributed by atoms with Gasteiger partial charge in [-0.05, 0) is 12.1 Å². The molecule has 0 saturated carbocycles. The van der Waals surface area contributed by atoms with Crippen molar-refractivity contribution in [3.8, 4) is 0 Å². The summed E-state index contributed by atoms with van der Waals surface area (Å²) in [5, 5.41) is 3.12. The molecule has 3 heteroatoms. The van der Waals surface area contributed by atoms with E-state index in [0.29, 0.717) is 6.67 Å². The minimum atomic E-state index is 0.0423. The summed E-state index contributed by atoms with van der Waals surface area (Å²) in [6, 6.07) is 5.97. The van der Waals surface area contributed by atoms with E-state index in [2.05, 4.69) is 24.1 Å². The molecule has 0 unspecified atom stereocenters. The molecule has 0 bridgehead atoms. The van der Waals surface area contributed by atoms with Gasteiger partial charge in [-0.1, -0.05) is 19.9 Å². The highest BCUT2D eigenvalue weighted by Crippen LogP contribution is 2.18. The molecular formula is C10H17N3. The summed E-state index contributed by atoms with van der Waals surface area (Å²) in [4.78, 5) is 4.32. The van der Waals surface area contributed by atoms with Crippen molar-refractivity contribution < 1.29 is 0 Å². The van der Waals surface area contributed by atoms with E-state index >= 15 is 0 Å². The Morgan fingerprint density at radius 1 is 1.46 bits per heavy atom. The molecule has 3 N–H and O–H groups in total. The summed E-state index contributed by atoms with van der Waals surface area (Å²) in [7, 11) is 0. The quantitative estimate of drug-likeness (QED) is 0.674. The first-order valence-electron chi connectivity index (χ1n) is 4.49. The fourth-order valence-electron chi connectivity index (χ4n) is 1.24. The lowest BCUT2D eigenvalue weighted by molar-refractivity contribution is 0.462. The van der Waals surface area contributed by atoms with Crippen LogP contribution >= 0.6 is 0 Å². The Kier molecular flexibility index (Phi) is 3.39. The second kappa shape index (κ2) is 4.35. The molecular weight excluding hydrogens is 162 g/mol. The third-order valence-corrected chi connectivity index (χ3v) is 2.07. The van der Waals surface area contributed by atoms with Gasteiger partial charge in [-0.3, -0.25) is 4.98 Å². The Balaban J connectivity index is 2.69. The number of nitrogens with two attached hydrogens (primary N) is 1. The maximum Gasteiger partial charge on any atom is 0.0472 e. The molecule has 72 valence electrons. The zero-order chi connectivity index (χ0) is 9.73. The first kappa shape index (κ1) is 10.2. The molecule has 1 heterocycles. The molecule has 0 aliphatic rings. The van der Waals surface area contributed by atoms with Crippen LogP contribution in [0, 0.1) is 0 Å². The standard InChI is InChI=1S/C10H17N3/c1-10(2,7-12-8-11)9-5-3-4-6-13-9/h3-6,12H,7-8,11H2,1-2H3. The van der Waals surface area contributed by atoms with Gasteiger partial charge in [0.2, 0.25) is 0 Å². The average molecular weight is 179 g/mol. The van der Waals surface area contributed by atoms with E-state index < -0.39 is 0 Å². The average Bonchev–Trinajstić information content (AvgIpc) is 2.16. The monoisotopic (exact) mass is 179 g/mol. The van der Waals surface area contributed by atoms with Gasteiger partial charge in [-0.25, -0.2) is 0 Å². The number of nitrogens with zero attached hydrogens (tertiary/aromatic N) is 1. The normalized spacial score (nSPS) is 11.6. The molecule has 0 aromatic carbocycles. The molecule has 0 amide bonds. The van der Waals surface area contributed by atoms with Crippen LogP contribution in [0.15, 0.2) is 24.4 Å². The van der Waals surface area contributed by atoms with Crippen LogP contribution in [-0.2, 0) is 5.41 Å². The number of hydrogen-bond acceptors (Lipinski definition) is 3. The number of nitrogens with one attached hydrogen (secondary N) is 1. The van der Waals surface area contributed by atoms with Crippen LogP contribution in [0.1, 0.15) is 19.5 Å². The molecule has 13 heavy (non-hydrogen) atoms. The van der Waals surface area contributed by atoms with Crippen LogP contribution < -0.4 is 11.1 Å². The molecule has 1 aromatic rings. The van der Waals surface area contributed by atoms with Crippen LogP contribution in [0.2, 0.25) is 0 Å². The maximum absolute atomic E-state index is 5.38. The lowest BCUT2D eigenvalue weighted by Crippen LogP contribution is -2.36. The number of hydrogen-bond donors (Lipinski definition) is 2. The van der Waals surface area contributed by atoms with Crippen molar-refractivity contribution in [3.63, 3.8) is 0 Å². The van der Waals surface area contributed by atoms with E-state index in [1.165, 1.54) is 0 Å². The smallest absolute Gasteiger partial charge is 0.0472 e. The van der Waals surface area contributed by atoms with Crippen LogP contribution in [0.5, 0.6) is 0 Å². The number of rotatable bonds is 4. The Labute approximate surface area is 79.4 Å². The molecule has 0 fully saturated rings. The Bertz CT molecular complexity index is 244. The molecule has 3 nitrogen and oxygen atoms in total. The largest absolute Gasteiger partial charge is 0.318 e. The second-order valence-corrected chi connectivity index (χ2v) is 3.73. The molecule has 0 atom stereocenters. The Hall–Kier alpha value is -0.930. The van der Waals surface area contributed by atoms with Crippen molar-refractivity contribution in [3.05, 3.63) is 30.1 Å². The Morgan fingerprint density at radius 3 is 2.77 bits per heavy atom. The molecule has 0 radical (unpaired) electrons. The summed E-state index contributed by atoms with van der Waals surface area (Å²) < 4.78 is 0. The maximum atomic E-state index is 5.38. The molecule has 1 aromatic heterocycles. The molecule has 1 rings (SSSR count). The summed E-state index contributed by atoms with van der Waals surface area (Å²) in [6.45, 7) is 5.66. The lowest BCUT2D eigenvalue weighted by Gasteiger charge is -2.23. The van der Waals surface area contributed by atoms with E-state index in [9.17, 15) is 0 Å². The predicted molar refractivity (Wildman–Crippen MR) is 54.3 cm³/mol. The van der Waals surface area contributed by atoms with Crippen LogP contribution in [0.4, 0.5) is 0 Å². The van der Waals surface area contributed by atoms with Gasteiger partial charge < -0.3 is 11.1 Å². The van der Waals surface area contributed by atoms with E-state index in [-0.39, 0.29) is 5.41 Å². The minimum absolute atomic E-state index is 0.0423. The van der Waals surface area contributed by atoms with E-state index in [0.717, 1.165) is 12.2 Å². The molecule has 0 spiro atoms. The van der Waals surface area contributed by atoms with E-state index in [1.807, 2.05) is 24.4 Å². The fraction of sp³-hybridized carbons (Fsp3) is 0.500. The highest BCUT2D eigenvalue weighted by atomic mass is 15.0. The van der Waals surface area contributed by atoms with Gasteiger partial charge >= 0.3 is 0 Å². The van der Waals surface area contributed by atoms with Crippen molar-refractivity contribution in [2.75, 3.05) is 13.2 Å². The van der Waals surface area contributed by atoms with E-state index in [1.54, 1.807) is 0 Å². The van der Waals surface area contributed by atoms with Crippen molar-refractivity contribution in [1.82, 2.24) is 10.3 Å². The second-order valence-electron chi connectivity index (χ2n) is 3.73. The highest BCUT2D eigenvalue weighted by molar-refractivity contribution is 5.14. The zero-order valence-corrected chi connectivity index (χ0v) is 8.25. The first-order chi connectivity index (χ1) is 6.17. The predicted octanol–water partition coefficient (Wildman–Crippen LogP) is 0.865. The van der Waals surface area contributed by atoms with Crippen LogP contribution in [-0.4, -0.2) is 18.2 Å². The fourth-order valence-corrected chi connectivity index (χ4v) is 1.24. The molecule has 0 aliphatic carbocycles. The van der Waals surface area contributed by atoms with Crippen LogP contribution in [0.3, 0.4) is 0 Å². The summed E-state index contributed by atoms with van der Waals surface area (Å²) in [6.07, 6.45) is 1.82. The zero-order valence-electron chi connectivity index (χ0n) is 8.25. The van der Waals surface area contributed by atoms with Crippen molar-refractivity contribution in [2.45, 2.75) is 19.3 Å². The van der Waals surface area contributed by atoms with Crippen molar-refractivity contribution in [1.29, 1.82) is 0 Å². The van der Waals surface area contributed by atoms with Crippen LogP contribution in [0.25, 0.3) is 0 Å². The third-order valence-electron chi connectivity index (χ3n) is 2.07. The summed E-state index contributed by atoms with van der Waals surface area (Å²) >= 11 is 0. The third kappa shape index (κ3) is 2.79. The number of pyridine rings is 1. The van der Waals surface area contributed by atoms with Crippen molar-refractivity contribution in [2.24, 2.45) is 5.73 Å². The highest BCUT2D eigenvalue weighted by Gasteiger charge is 2.20. The summed E-state index contributed by atoms with van der Waals surface area (Å²) in [5.41, 5.74) is 6.52. The van der Waals surface area contributed by atoms with Crippen molar-refractivity contribution >= 4 is 0 Å². The van der Waals surface area contributed by atoms with Gasteiger partial charge in [-0.15, -0.1) is 0 Å². The topological polar surface area (TPSA) is 50.9 Å². The molecule has 0 saturated heterocycles. The van der Waals surface area contributed by atoms with Gasteiger partial charge in [0.25, 0.3) is 0 Å². The first-order valence-corrected chi connectivity index (χ1v) is 4.49. The Morgan fingerprint density at radius 2 is 2.23 bits per heavy atom. The van der Waals surface area contributed by atoms with Gasteiger partial charge in [-0.2, -0.15) is 0 Å². The number of aromatic nitrogens is 1. The van der Waals surface area contributed by atoms with E-state index in [4.69, 9.17) is 5.73 Å². The van der Waals surface area contributed by atoms with Gasteiger partial charge in [0.1, 0.15) is 0 Å². The minimum Gasteiger partial charge on any atom is -0.318 e. The van der Waals surface area contributed by atoms with Gasteiger partial charge in [0, 0.05) is 30.5 Å².